The molecule has 0 aliphatic rings. The molecule has 0 saturated carbocycles. The third-order valence-corrected chi connectivity index (χ3v) is 3.43. The zero-order valence-corrected chi connectivity index (χ0v) is 12.2. The largest absolute Gasteiger partial charge is 0.496 e. The molecule has 0 unspecified atom stereocenters. The molecule has 0 spiro atoms. The van der Waals surface area contributed by atoms with Gasteiger partial charge in [-0.3, -0.25) is 4.79 Å². The Morgan fingerprint density at radius 1 is 1.20 bits per heavy atom. The second-order valence-electron chi connectivity index (χ2n) is 4.17. The summed E-state index contributed by atoms with van der Waals surface area (Å²) < 4.78 is 32.2. The fraction of sp³-hybridized carbons (Fsp3) is 0.133. The van der Waals surface area contributed by atoms with Gasteiger partial charge in [0, 0.05) is 6.42 Å². The van der Waals surface area contributed by atoms with E-state index in [2.05, 4.69) is 15.9 Å². The molecule has 0 aliphatic heterocycles. The van der Waals surface area contributed by atoms with Crippen molar-refractivity contribution in [1.29, 1.82) is 0 Å². The van der Waals surface area contributed by atoms with Crippen LogP contribution in [-0.4, -0.2) is 12.9 Å². The highest BCUT2D eigenvalue weighted by atomic mass is 79.9. The van der Waals surface area contributed by atoms with Gasteiger partial charge in [0.1, 0.15) is 17.4 Å². The highest BCUT2D eigenvalue weighted by molar-refractivity contribution is 9.10. The standard InChI is InChI=1S/C15H11BrF2O2/c1-20-14-4-2-3-12(18)15(14)13(19)8-9-5-6-11(17)10(16)7-9/h2-7H,8H2,1H3. The molecule has 5 heteroatoms. The Bertz CT molecular complexity index is 656. The lowest BCUT2D eigenvalue weighted by atomic mass is 10.0. The number of carbonyl (C=O) groups excluding carboxylic acids is 1. The molecule has 2 rings (SSSR count). The third-order valence-electron chi connectivity index (χ3n) is 2.82. The summed E-state index contributed by atoms with van der Waals surface area (Å²) in [7, 11) is 1.38. The van der Waals surface area contributed by atoms with Crippen LogP contribution in [0.25, 0.3) is 0 Å². The maximum absolute atomic E-state index is 13.8. The number of methoxy groups -OCH3 is 1. The number of Topliss-reactive ketones (excluding diaryl/α,β-unsaturated/α-hetero) is 1. The van der Waals surface area contributed by atoms with E-state index < -0.39 is 17.4 Å². The fourth-order valence-electron chi connectivity index (χ4n) is 1.87. The monoisotopic (exact) mass is 340 g/mol. The highest BCUT2D eigenvalue weighted by Gasteiger charge is 2.18. The second kappa shape index (κ2) is 6.13. The van der Waals surface area contributed by atoms with Gasteiger partial charge < -0.3 is 4.74 Å². The molecule has 0 atom stereocenters. The first kappa shape index (κ1) is 14.7. The van der Waals surface area contributed by atoms with E-state index in [1.807, 2.05) is 0 Å². The lowest BCUT2D eigenvalue weighted by Crippen LogP contribution is -2.08. The number of hydrogen-bond acceptors (Lipinski definition) is 2. The number of hydrogen-bond donors (Lipinski definition) is 0. The summed E-state index contributed by atoms with van der Waals surface area (Å²) >= 11 is 3.05. The van der Waals surface area contributed by atoms with Crippen molar-refractivity contribution in [3.05, 3.63) is 63.6 Å². The summed E-state index contributed by atoms with van der Waals surface area (Å²) in [6.07, 6.45) is -0.0316. The SMILES string of the molecule is COc1cccc(F)c1C(=O)Cc1ccc(F)c(Br)c1. The quantitative estimate of drug-likeness (QED) is 0.781. The minimum absolute atomic E-state index is 0.0316. The normalized spacial score (nSPS) is 10.4. The average Bonchev–Trinajstić information content (AvgIpc) is 2.42. The zero-order valence-electron chi connectivity index (χ0n) is 10.6. The Labute approximate surface area is 123 Å². The molecule has 0 aromatic heterocycles. The van der Waals surface area contributed by atoms with Crippen LogP contribution < -0.4 is 4.74 Å². The van der Waals surface area contributed by atoms with Crippen molar-refractivity contribution in [3.63, 3.8) is 0 Å². The predicted octanol–water partition coefficient (Wildman–Crippen LogP) is 4.16. The van der Waals surface area contributed by atoms with Crippen molar-refractivity contribution in [1.82, 2.24) is 0 Å². The topological polar surface area (TPSA) is 26.3 Å². The second-order valence-corrected chi connectivity index (χ2v) is 5.02. The summed E-state index contributed by atoms with van der Waals surface area (Å²) in [5, 5.41) is 0. The molecule has 0 saturated heterocycles. The molecule has 0 radical (unpaired) electrons. The van der Waals surface area contributed by atoms with Gasteiger partial charge in [-0.2, -0.15) is 0 Å². The van der Waals surface area contributed by atoms with Gasteiger partial charge in [-0.05, 0) is 45.8 Å². The van der Waals surface area contributed by atoms with Crippen LogP contribution in [0, 0.1) is 11.6 Å². The number of ether oxygens (including phenoxy) is 1. The first-order valence-corrected chi connectivity index (χ1v) is 6.62. The maximum atomic E-state index is 13.8. The molecule has 0 N–H and O–H groups in total. The van der Waals surface area contributed by atoms with Crippen molar-refractivity contribution in [2.45, 2.75) is 6.42 Å². The van der Waals surface area contributed by atoms with Gasteiger partial charge in [0.05, 0.1) is 17.1 Å². The van der Waals surface area contributed by atoms with Crippen molar-refractivity contribution in [2.75, 3.05) is 7.11 Å². The minimum Gasteiger partial charge on any atom is -0.496 e. The lowest BCUT2D eigenvalue weighted by Gasteiger charge is -2.09. The van der Waals surface area contributed by atoms with Crippen LogP contribution >= 0.6 is 15.9 Å². The molecule has 20 heavy (non-hydrogen) atoms. The molecule has 104 valence electrons. The van der Waals surface area contributed by atoms with Crippen molar-refractivity contribution < 1.29 is 18.3 Å². The molecule has 0 amide bonds. The van der Waals surface area contributed by atoms with E-state index >= 15 is 0 Å². The predicted molar refractivity (Wildman–Crippen MR) is 75.1 cm³/mol. The molecular formula is C15H11BrF2O2. The van der Waals surface area contributed by atoms with Crippen LogP contribution in [0.5, 0.6) is 5.75 Å². The van der Waals surface area contributed by atoms with Crippen LogP contribution in [0.1, 0.15) is 15.9 Å². The van der Waals surface area contributed by atoms with E-state index in [4.69, 9.17) is 4.74 Å². The number of benzene rings is 2. The Kier molecular flexibility index (Phi) is 4.49. The summed E-state index contributed by atoms with van der Waals surface area (Å²) in [5.41, 5.74) is 0.504. The van der Waals surface area contributed by atoms with Crippen LogP contribution in [0.4, 0.5) is 8.78 Å². The molecule has 2 aromatic rings. The van der Waals surface area contributed by atoms with E-state index in [1.54, 1.807) is 0 Å². The Balaban J connectivity index is 2.30. The van der Waals surface area contributed by atoms with E-state index in [0.717, 1.165) is 0 Å². The number of halogens is 3. The van der Waals surface area contributed by atoms with Gasteiger partial charge >= 0.3 is 0 Å². The molecule has 0 bridgehead atoms. The van der Waals surface area contributed by atoms with Gasteiger partial charge in [0.2, 0.25) is 0 Å². The highest BCUT2D eigenvalue weighted by Crippen LogP contribution is 2.24. The first-order chi connectivity index (χ1) is 9.52. The number of carbonyl (C=O) groups is 1. The molecule has 0 heterocycles. The van der Waals surface area contributed by atoms with Gasteiger partial charge in [-0.1, -0.05) is 12.1 Å². The molecule has 0 aliphatic carbocycles. The Morgan fingerprint density at radius 3 is 2.60 bits per heavy atom. The Hall–Kier alpha value is -1.75. The summed E-state index contributed by atoms with van der Waals surface area (Å²) in [6, 6.07) is 8.45. The Morgan fingerprint density at radius 2 is 1.95 bits per heavy atom. The average molecular weight is 341 g/mol. The van der Waals surface area contributed by atoms with E-state index in [-0.39, 0.29) is 22.2 Å². The number of ketones is 1. The van der Waals surface area contributed by atoms with Crippen molar-refractivity contribution in [3.8, 4) is 5.75 Å². The summed E-state index contributed by atoms with van der Waals surface area (Å²) in [5.74, 6) is -1.27. The molecule has 2 nitrogen and oxygen atoms in total. The zero-order chi connectivity index (χ0) is 14.7. The molecular weight excluding hydrogens is 330 g/mol. The van der Waals surface area contributed by atoms with Gasteiger partial charge in [-0.15, -0.1) is 0 Å². The van der Waals surface area contributed by atoms with Crippen molar-refractivity contribution in [2.24, 2.45) is 0 Å². The van der Waals surface area contributed by atoms with Crippen LogP contribution in [-0.2, 0) is 6.42 Å². The van der Waals surface area contributed by atoms with E-state index in [0.29, 0.717) is 5.56 Å². The first-order valence-electron chi connectivity index (χ1n) is 5.82. The van der Waals surface area contributed by atoms with Gasteiger partial charge in [0.15, 0.2) is 5.78 Å². The van der Waals surface area contributed by atoms with Crippen LogP contribution in [0.3, 0.4) is 0 Å². The maximum Gasteiger partial charge on any atom is 0.173 e. The summed E-state index contributed by atoms with van der Waals surface area (Å²) in [6.45, 7) is 0. The lowest BCUT2D eigenvalue weighted by molar-refractivity contribution is 0.0986. The number of rotatable bonds is 4. The fourth-order valence-corrected chi connectivity index (χ4v) is 2.29. The van der Waals surface area contributed by atoms with Crippen molar-refractivity contribution >= 4 is 21.7 Å². The van der Waals surface area contributed by atoms with E-state index in [9.17, 15) is 13.6 Å². The molecule has 0 fully saturated rings. The third kappa shape index (κ3) is 3.04. The smallest absolute Gasteiger partial charge is 0.173 e. The summed E-state index contributed by atoms with van der Waals surface area (Å²) in [4.78, 5) is 12.2. The van der Waals surface area contributed by atoms with Gasteiger partial charge in [0.25, 0.3) is 0 Å². The minimum atomic E-state index is -0.629. The van der Waals surface area contributed by atoms with Gasteiger partial charge in [-0.25, -0.2) is 8.78 Å². The van der Waals surface area contributed by atoms with E-state index in [1.165, 1.54) is 43.5 Å². The molecule has 2 aromatic carbocycles. The van der Waals surface area contributed by atoms with Crippen LogP contribution in [0.15, 0.2) is 40.9 Å². The van der Waals surface area contributed by atoms with Crippen LogP contribution in [0.2, 0.25) is 0 Å².